The highest BCUT2D eigenvalue weighted by Crippen LogP contribution is 2.20. The van der Waals surface area contributed by atoms with Crippen molar-refractivity contribution in [2.75, 3.05) is 23.4 Å². The van der Waals surface area contributed by atoms with E-state index >= 15 is 0 Å². The van der Waals surface area contributed by atoms with Crippen LogP contribution in [-0.2, 0) is 14.3 Å². The zero-order chi connectivity index (χ0) is 15.0. The van der Waals surface area contributed by atoms with Crippen molar-refractivity contribution in [3.8, 4) is 0 Å². The van der Waals surface area contributed by atoms with Gasteiger partial charge in [-0.25, -0.2) is 0 Å². The van der Waals surface area contributed by atoms with Gasteiger partial charge in [0.15, 0.2) is 0 Å². The lowest BCUT2D eigenvalue weighted by atomic mass is 10.3. The second-order valence-corrected chi connectivity index (χ2v) is 5.34. The molecular weight excluding hydrogens is 300 g/mol. The van der Waals surface area contributed by atoms with Gasteiger partial charge in [0.2, 0.25) is 5.91 Å². The minimum Gasteiger partial charge on any atom is -0.465 e. The summed E-state index contributed by atoms with van der Waals surface area (Å²) in [5, 5.41) is 3.17. The summed E-state index contributed by atoms with van der Waals surface area (Å²) < 4.78 is 4.78. The summed E-state index contributed by atoms with van der Waals surface area (Å²) >= 11 is 7.19. The van der Waals surface area contributed by atoms with Crippen molar-refractivity contribution in [2.24, 2.45) is 5.73 Å². The molecule has 1 rings (SSSR count). The smallest absolute Gasteiger partial charge is 0.323 e. The number of ether oxygens (including phenoxy) is 1. The zero-order valence-electron chi connectivity index (χ0n) is 11.1. The van der Waals surface area contributed by atoms with Crippen molar-refractivity contribution in [3.63, 3.8) is 0 Å². The van der Waals surface area contributed by atoms with Crippen LogP contribution in [0.2, 0.25) is 5.02 Å². The van der Waals surface area contributed by atoms with Gasteiger partial charge in [0.1, 0.15) is 6.04 Å². The highest BCUT2D eigenvalue weighted by atomic mass is 35.5. The summed E-state index contributed by atoms with van der Waals surface area (Å²) in [7, 11) is 0. The van der Waals surface area contributed by atoms with Crippen LogP contribution in [0, 0.1) is 0 Å². The Labute approximate surface area is 127 Å². The molecule has 0 heterocycles. The van der Waals surface area contributed by atoms with Crippen LogP contribution in [0.3, 0.4) is 0 Å². The first-order chi connectivity index (χ1) is 9.54. The molecule has 20 heavy (non-hydrogen) atoms. The van der Waals surface area contributed by atoms with Gasteiger partial charge in [-0.15, -0.1) is 11.8 Å². The molecule has 0 aliphatic rings. The summed E-state index contributed by atoms with van der Waals surface area (Å²) in [6, 6.07) is 6.26. The minimum atomic E-state index is -0.715. The third-order valence-electron chi connectivity index (χ3n) is 2.27. The Bertz CT molecular complexity index is 471. The number of amides is 1. The fourth-order valence-electron chi connectivity index (χ4n) is 1.34. The van der Waals surface area contributed by atoms with Crippen molar-refractivity contribution in [1.29, 1.82) is 0 Å². The first kappa shape index (κ1) is 16.8. The normalized spacial score (nSPS) is 11.8. The minimum absolute atomic E-state index is 0.193. The number of hydrogen-bond acceptors (Lipinski definition) is 5. The Morgan fingerprint density at radius 2 is 2.15 bits per heavy atom. The molecule has 0 saturated carbocycles. The fourth-order valence-corrected chi connectivity index (χ4v) is 2.29. The van der Waals surface area contributed by atoms with Gasteiger partial charge < -0.3 is 15.8 Å². The molecule has 0 aliphatic heterocycles. The van der Waals surface area contributed by atoms with E-state index in [2.05, 4.69) is 5.32 Å². The Kier molecular flexibility index (Phi) is 7.43. The Hall–Kier alpha value is -1.24. The van der Waals surface area contributed by atoms with E-state index in [1.807, 2.05) is 0 Å². The van der Waals surface area contributed by atoms with E-state index in [1.54, 1.807) is 31.2 Å². The Morgan fingerprint density at radius 1 is 1.45 bits per heavy atom. The van der Waals surface area contributed by atoms with Gasteiger partial charge in [-0.05, 0) is 19.1 Å². The largest absolute Gasteiger partial charge is 0.465 e. The summed E-state index contributed by atoms with van der Waals surface area (Å²) in [6.45, 7) is 2.01. The van der Waals surface area contributed by atoms with E-state index in [-0.39, 0.29) is 11.7 Å². The molecule has 0 radical (unpaired) electrons. The number of para-hydroxylation sites is 1. The van der Waals surface area contributed by atoms with Crippen LogP contribution in [0.25, 0.3) is 0 Å². The maximum atomic E-state index is 11.7. The highest BCUT2D eigenvalue weighted by molar-refractivity contribution is 8.00. The molecule has 1 aromatic rings. The molecule has 1 aromatic carbocycles. The van der Waals surface area contributed by atoms with Crippen LogP contribution < -0.4 is 11.1 Å². The average Bonchev–Trinajstić information content (AvgIpc) is 2.41. The molecule has 3 N–H and O–H groups in total. The topological polar surface area (TPSA) is 81.4 Å². The molecule has 0 aromatic heterocycles. The molecule has 110 valence electrons. The number of esters is 1. The molecule has 1 amide bonds. The van der Waals surface area contributed by atoms with Gasteiger partial charge in [-0.2, -0.15) is 0 Å². The van der Waals surface area contributed by atoms with Crippen LogP contribution in [-0.4, -0.2) is 36.0 Å². The van der Waals surface area contributed by atoms with Crippen LogP contribution in [0.15, 0.2) is 24.3 Å². The van der Waals surface area contributed by atoms with Gasteiger partial charge in [-0.3, -0.25) is 9.59 Å². The van der Waals surface area contributed by atoms with Gasteiger partial charge in [-0.1, -0.05) is 23.7 Å². The predicted molar refractivity (Wildman–Crippen MR) is 82.0 cm³/mol. The molecule has 0 bridgehead atoms. The molecule has 1 atom stereocenters. The maximum absolute atomic E-state index is 11.7. The van der Waals surface area contributed by atoms with Crippen LogP contribution in [0.1, 0.15) is 6.92 Å². The third kappa shape index (κ3) is 5.81. The standard InChI is InChI=1S/C13H17ClN2O3S/c1-2-19-13(18)10(15)7-20-8-12(17)16-11-6-4-3-5-9(11)14/h3-6,10H,2,7-8,15H2,1H3,(H,16,17). The number of benzene rings is 1. The number of hydrogen-bond donors (Lipinski definition) is 2. The van der Waals surface area contributed by atoms with Crippen molar-refractivity contribution in [3.05, 3.63) is 29.3 Å². The van der Waals surface area contributed by atoms with Gasteiger partial charge in [0.05, 0.1) is 23.1 Å². The number of nitrogens with two attached hydrogens (primary N) is 1. The van der Waals surface area contributed by atoms with Crippen molar-refractivity contribution in [2.45, 2.75) is 13.0 Å². The van der Waals surface area contributed by atoms with Gasteiger partial charge in [0, 0.05) is 5.75 Å². The monoisotopic (exact) mass is 316 g/mol. The number of carbonyl (C=O) groups is 2. The Morgan fingerprint density at radius 3 is 2.80 bits per heavy atom. The number of carbonyl (C=O) groups excluding carboxylic acids is 2. The number of nitrogens with one attached hydrogen (secondary N) is 1. The molecule has 0 aliphatic carbocycles. The van der Waals surface area contributed by atoms with E-state index in [4.69, 9.17) is 22.1 Å². The average molecular weight is 317 g/mol. The maximum Gasteiger partial charge on any atom is 0.323 e. The second kappa shape index (κ2) is 8.84. The lowest BCUT2D eigenvalue weighted by Crippen LogP contribution is -2.35. The molecule has 5 nitrogen and oxygen atoms in total. The predicted octanol–water partition coefficient (Wildman–Crippen LogP) is 1.90. The van der Waals surface area contributed by atoms with E-state index in [0.717, 1.165) is 0 Å². The van der Waals surface area contributed by atoms with Crippen molar-refractivity contribution in [1.82, 2.24) is 0 Å². The van der Waals surface area contributed by atoms with E-state index in [0.29, 0.717) is 23.1 Å². The molecule has 7 heteroatoms. The first-order valence-electron chi connectivity index (χ1n) is 6.09. The summed E-state index contributed by atoms with van der Waals surface area (Å²) in [5.41, 5.74) is 6.18. The summed E-state index contributed by atoms with van der Waals surface area (Å²) in [5.74, 6) is -0.127. The molecule has 0 saturated heterocycles. The molecule has 0 spiro atoms. The number of rotatable bonds is 7. The second-order valence-electron chi connectivity index (χ2n) is 3.90. The van der Waals surface area contributed by atoms with Crippen molar-refractivity contribution >= 4 is 40.9 Å². The zero-order valence-corrected chi connectivity index (χ0v) is 12.7. The van der Waals surface area contributed by atoms with Gasteiger partial charge >= 0.3 is 5.97 Å². The highest BCUT2D eigenvalue weighted by Gasteiger charge is 2.15. The molecule has 0 fully saturated rings. The SMILES string of the molecule is CCOC(=O)C(N)CSCC(=O)Nc1ccccc1Cl. The van der Waals surface area contributed by atoms with Gasteiger partial charge in [0.25, 0.3) is 0 Å². The molecular formula is C13H17ClN2O3S. The fraction of sp³-hybridized carbons (Fsp3) is 0.385. The summed E-state index contributed by atoms with van der Waals surface area (Å²) in [4.78, 5) is 23.0. The first-order valence-corrected chi connectivity index (χ1v) is 7.62. The van der Waals surface area contributed by atoms with Crippen molar-refractivity contribution < 1.29 is 14.3 Å². The quantitative estimate of drug-likeness (QED) is 0.751. The lowest BCUT2D eigenvalue weighted by molar-refractivity contribution is -0.144. The summed E-state index contributed by atoms with van der Waals surface area (Å²) in [6.07, 6.45) is 0. The van der Waals surface area contributed by atoms with Crippen LogP contribution in [0.4, 0.5) is 5.69 Å². The third-order valence-corrected chi connectivity index (χ3v) is 3.66. The Balaban J connectivity index is 2.30. The van der Waals surface area contributed by atoms with E-state index in [1.165, 1.54) is 11.8 Å². The molecule has 1 unspecified atom stereocenters. The van der Waals surface area contributed by atoms with Crippen LogP contribution >= 0.6 is 23.4 Å². The van der Waals surface area contributed by atoms with E-state index < -0.39 is 12.0 Å². The van der Waals surface area contributed by atoms with Crippen LogP contribution in [0.5, 0.6) is 0 Å². The van der Waals surface area contributed by atoms with E-state index in [9.17, 15) is 9.59 Å². The number of anilines is 1. The number of thioether (sulfide) groups is 1. The lowest BCUT2D eigenvalue weighted by Gasteiger charge is -2.10. The number of halogens is 1.